The van der Waals surface area contributed by atoms with Crippen LogP contribution in [0.5, 0.6) is 0 Å². The molecular weight excluding hydrogens is 198 g/mol. The third kappa shape index (κ3) is 4.78. The van der Waals surface area contributed by atoms with Gasteiger partial charge in [0.2, 0.25) is 0 Å². The number of carbonyl (C=O) groups is 2. The molecule has 0 heterocycles. The fraction of sp³-hybridized carbons (Fsp3) is 0.200. The van der Waals surface area contributed by atoms with Gasteiger partial charge in [-0.2, -0.15) is 0 Å². The van der Waals surface area contributed by atoms with Gasteiger partial charge in [0, 0.05) is 0 Å². The summed E-state index contributed by atoms with van der Waals surface area (Å²) in [4.78, 5) is 20.8. The van der Waals surface area contributed by atoms with Crippen LogP contribution < -0.4 is 5.32 Å². The van der Waals surface area contributed by atoms with Gasteiger partial charge in [-0.05, 0) is 32.3 Å². The van der Waals surface area contributed by atoms with E-state index in [1.54, 1.807) is 0 Å². The van der Waals surface area contributed by atoms with Gasteiger partial charge in [0.05, 0.1) is 11.1 Å². The predicted octanol–water partition coefficient (Wildman–Crippen LogP) is 0.919. The Balaban J connectivity index is 0.000000583. The summed E-state index contributed by atoms with van der Waals surface area (Å²) in [5, 5.41) is 19.7. The molecule has 0 saturated heterocycles. The topological polar surface area (TPSA) is 86.6 Å². The van der Waals surface area contributed by atoms with Crippen LogP contribution in [0.4, 0.5) is 0 Å². The van der Waals surface area contributed by atoms with E-state index in [4.69, 9.17) is 10.2 Å². The van der Waals surface area contributed by atoms with Gasteiger partial charge in [-0.15, -0.1) is 0 Å². The number of carboxylic acid groups (broad SMARTS) is 2. The molecule has 0 unspecified atom stereocenters. The summed E-state index contributed by atoms with van der Waals surface area (Å²) in [7, 11) is 3.75. The minimum Gasteiger partial charge on any atom is -0.478 e. The molecule has 0 aliphatic heterocycles. The molecule has 0 aliphatic carbocycles. The Labute approximate surface area is 87.4 Å². The van der Waals surface area contributed by atoms with Crippen LogP contribution in [0.15, 0.2) is 24.3 Å². The van der Waals surface area contributed by atoms with Gasteiger partial charge in [0.15, 0.2) is 0 Å². The van der Waals surface area contributed by atoms with Crippen molar-refractivity contribution in [3.8, 4) is 0 Å². The number of nitrogens with one attached hydrogen (secondary N) is 1. The first-order chi connectivity index (χ1) is 7.02. The van der Waals surface area contributed by atoms with Crippen LogP contribution in [-0.4, -0.2) is 36.2 Å². The average Bonchev–Trinajstić information content (AvgIpc) is 2.19. The van der Waals surface area contributed by atoms with Crippen molar-refractivity contribution in [2.75, 3.05) is 14.1 Å². The van der Waals surface area contributed by atoms with Crippen molar-refractivity contribution >= 4 is 11.9 Å². The van der Waals surface area contributed by atoms with E-state index in [2.05, 4.69) is 5.32 Å². The molecule has 5 nitrogen and oxygen atoms in total. The van der Waals surface area contributed by atoms with Gasteiger partial charge in [0.25, 0.3) is 0 Å². The van der Waals surface area contributed by atoms with E-state index in [0.717, 1.165) is 6.07 Å². The summed E-state index contributed by atoms with van der Waals surface area (Å²) in [5.41, 5.74) is -0.0372. The molecule has 1 aromatic rings. The number of aromatic carboxylic acids is 2. The van der Waals surface area contributed by atoms with Crippen molar-refractivity contribution in [2.45, 2.75) is 0 Å². The summed E-state index contributed by atoms with van der Waals surface area (Å²) in [6, 6.07) is 5.20. The summed E-state index contributed by atoms with van der Waals surface area (Å²) in [5.74, 6) is -2.25. The largest absolute Gasteiger partial charge is 0.478 e. The van der Waals surface area contributed by atoms with Gasteiger partial charge in [-0.25, -0.2) is 9.59 Å². The van der Waals surface area contributed by atoms with Crippen LogP contribution in [0.3, 0.4) is 0 Å². The Kier molecular flexibility index (Phi) is 5.73. The molecule has 82 valence electrons. The molecule has 0 spiro atoms. The lowest BCUT2D eigenvalue weighted by Gasteiger charge is -1.95. The van der Waals surface area contributed by atoms with Gasteiger partial charge in [-0.1, -0.05) is 6.07 Å². The van der Waals surface area contributed by atoms with Crippen molar-refractivity contribution < 1.29 is 19.8 Å². The predicted molar refractivity (Wildman–Crippen MR) is 55.3 cm³/mol. The Hall–Kier alpha value is -1.88. The summed E-state index contributed by atoms with van der Waals surface area (Å²) < 4.78 is 0. The first-order valence-electron chi connectivity index (χ1n) is 4.18. The molecule has 0 amide bonds. The fourth-order valence-corrected chi connectivity index (χ4v) is 0.785. The van der Waals surface area contributed by atoms with E-state index < -0.39 is 11.9 Å². The van der Waals surface area contributed by atoms with Crippen molar-refractivity contribution in [2.24, 2.45) is 0 Å². The Morgan fingerprint density at radius 1 is 1.07 bits per heavy atom. The molecule has 1 aromatic carbocycles. The normalized spacial score (nSPS) is 8.67. The smallest absolute Gasteiger partial charge is 0.335 e. The molecule has 15 heavy (non-hydrogen) atoms. The second-order valence-corrected chi connectivity index (χ2v) is 2.69. The van der Waals surface area contributed by atoms with Crippen LogP contribution >= 0.6 is 0 Å². The van der Waals surface area contributed by atoms with Crippen LogP contribution in [0, 0.1) is 0 Å². The molecule has 0 fully saturated rings. The molecule has 3 N–H and O–H groups in total. The van der Waals surface area contributed by atoms with Crippen molar-refractivity contribution in [3.63, 3.8) is 0 Å². The molecule has 1 rings (SSSR count). The summed E-state index contributed by atoms with van der Waals surface area (Å²) in [6.07, 6.45) is 0. The lowest BCUT2D eigenvalue weighted by Crippen LogP contribution is -2.01. The Bertz CT molecular complexity index is 320. The molecular formula is C10H13NO4. The third-order valence-electron chi connectivity index (χ3n) is 1.36. The lowest BCUT2D eigenvalue weighted by molar-refractivity contribution is 0.0696. The third-order valence-corrected chi connectivity index (χ3v) is 1.36. The summed E-state index contributed by atoms with van der Waals surface area (Å²) >= 11 is 0. The quantitative estimate of drug-likeness (QED) is 0.677. The standard InChI is InChI=1S/C8H6O4.C2H7N/c9-7(10)5-2-1-3-6(4-5)8(11)12;1-3-2/h1-4H,(H,9,10)(H,11,12);3H,1-2H3. The van der Waals surface area contributed by atoms with Crippen molar-refractivity contribution in [1.82, 2.24) is 5.32 Å². The number of hydrogen-bond acceptors (Lipinski definition) is 3. The zero-order chi connectivity index (χ0) is 11.8. The van der Waals surface area contributed by atoms with Gasteiger partial charge in [0.1, 0.15) is 0 Å². The number of benzene rings is 1. The van der Waals surface area contributed by atoms with Crippen molar-refractivity contribution in [3.05, 3.63) is 35.4 Å². The first kappa shape index (κ1) is 13.1. The maximum Gasteiger partial charge on any atom is 0.335 e. The highest BCUT2D eigenvalue weighted by Crippen LogP contribution is 2.04. The molecule has 0 saturated carbocycles. The minimum atomic E-state index is -1.13. The van der Waals surface area contributed by atoms with E-state index in [9.17, 15) is 9.59 Å². The zero-order valence-electron chi connectivity index (χ0n) is 8.52. The minimum absolute atomic E-state index is 0.0186. The first-order valence-corrected chi connectivity index (χ1v) is 4.18. The monoisotopic (exact) mass is 211 g/mol. The van der Waals surface area contributed by atoms with E-state index in [0.29, 0.717) is 0 Å². The van der Waals surface area contributed by atoms with E-state index >= 15 is 0 Å². The highest BCUT2D eigenvalue weighted by Gasteiger charge is 2.06. The van der Waals surface area contributed by atoms with Crippen LogP contribution in [-0.2, 0) is 0 Å². The molecule has 0 atom stereocenters. The molecule has 5 heteroatoms. The van der Waals surface area contributed by atoms with Gasteiger partial charge in [-0.3, -0.25) is 0 Å². The Morgan fingerprint density at radius 3 is 1.67 bits per heavy atom. The molecule has 0 radical (unpaired) electrons. The van der Waals surface area contributed by atoms with Crippen LogP contribution in [0.1, 0.15) is 20.7 Å². The van der Waals surface area contributed by atoms with E-state index in [1.807, 2.05) is 14.1 Å². The molecule has 0 aliphatic rings. The second kappa shape index (κ2) is 6.56. The average molecular weight is 211 g/mol. The van der Waals surface area contributed by atoms with Gasteiger partial charge < -0.3 is 15.5 Å². The van der Waals surface area contributed by atoms with Crippen LogP contribution in [0.25, 0.3) is 0 Å². The number of hydrogen-bond donors (Lipinski definition) is 3. The zero-order valence-corrected chi connectivity index (χ0v) is 8.52. The number of rotatable bonds is 2. The van der Waals surface area contributed by atoms with E-state index in [1.165, 1.54) is 18.2 Å². The highest BCUT2D eigenvalue weighted by atomic mass is 16.4. The van der Waals surface area contributed by atoms with Gasteiger partial charge >= 0.3 is 11.9 Å². The maximum absolute atomic E-state index is 10.4. The highest BCUT2D eigenvalue weighted by molar-refractivity contribution is 5.93. The summed E-state index contributed by atoms with van der Waals surface area (Å²) in [6.45, 7) is 0. The Morgan fingerprint density at radius 2 is 1.40 bits per heavy atom. The van der Waals surface area contributed by atoms with Crippen LogP contribution in [0.2, 0.25) is 0 Å². The second-order valence-electron chi connectivity index (χ2n) is 2.69. The SMILES string of the molecule is CNC.O=C(O)c1cccc(C(=O)O)c1. The fourth-order valence-electron chi connectivity index (χ4n) is 0.785. The van der Waals surface area contributed by atoms with E-state index in [-0.39, 0.29) is 11.1 Å². The number of carboxylic acids is 2. The maximum atomic E-state index is 10.4. The lowest BCUT2D eigenvalue weighted by atomic mass is 10.1. The molecule has 0 aromatic heterocycles. The molecule has 0 bridgehead atoms. The van der Waals surface area contributed by atoms with Crippen molar-refractivity contribution in [1.29, 1.82) is 0 Å².